The first-order valence-electron chi connectivity index (χ1n) is 10.7. The number of carbonyl (C=O) groups is 2. The maximum atomic E-state index is 13.9. The number of anilines is 1. The Hall–Kier alpha value is -2.82. The highest BCUT2D eigenvalue weighted by Crippen LogP contribution is 2.20. The first-order chi connectivity index (χ1) is 15.6. The van der Waals surface area contributed by atoms with Crippen molar-refractivity contribution in [3.63, 3.8) is 0 Å². The van der Waals surface area contributed by atoms with E-state index in [1.54, 1.807) is 19.9 Å². The number of carbonyl (C=O) groups excluding carboxylic acids is 2. The first-order valence-corrected chi connectivity index (χ1v) is 12.2. The first kappa shape index (κ1) is 24.8. The molecule has 0 unspecified atom stereocenters. The number of piperazine rings is 1. The molecule has 1 fully saturated rings. The molecule has 8 nitrogen and oxygen atoms in total. The fraction of sp³-hybridized carbons (Fsp3) is 0.391. The van der Waals surface area contributed by atoms with Crippen molar-refractivity contribution in [1.29, 1.82) is 0 Å². The van der Waals surface area contributed by atoms with Crippen LogP contribution in [-0.4, -0.2) is 68.7 Å². The monoisotopic (exact) mass is 476 g/mol. The van der Waals surface area contributed by atoms with Crippen LogP contribution in [0.25, 0.3) is 0 Å². The van der Waals surface area contributed by atoms with Gasteiger partial charge in [-0.25, -0.2) is 12.8 Å². The number of sulfonamides is 1. The third-order valence-corrected chi connectivity index (χ3v) is 7.49. The van der Waals surface area contributed by atoms with Crippen LogP contribution in [0, 0.1) is 11.7 Å². The number of rotatable bonds is 7. The largest absolute Gasteiger partial charge is 0.340 e. The summed E-state index contributed by atoms with van der Waals surface area (Å²) in [6.45, 7) is 5.71. The minimum Gasteiger partial charge on any atom is -0.340 e. The zero-order valence-corrected chi connectivity index (χ0v) is 19.7. The van der Waals surface area contributed by atoms with E-state index in [1.807, 2.05) is 7.05 Å². The average Bonchev–Trinajstić information content (AvgIpc) is 2.78. The molecule has 178 valence electrons. The second kappa shape index (κ2) is 10.4. The van der Waals surface area contributed by atoms with Gasteiger partial charge in [-0.1, -0.05) is 26.0 Å². The van der Waals surface area contributed by atoms with Gasteiger partial charge in [0.25, 0.3) is 5.91 Å². The summed E-state index contributed by atoms with van der Waals surface area (Å²) >= 11 is 0. The van der Waals surface area contributed by atoms with E-state index in [-0.39, 0.29) is 16.4 Å². The van der Waals surface area contributed by atoms with Crippen molar-refractivity contribution in [2.45, 2.75) is 24.8 Å². The summed E-state index contributed by atoms with van der Waals surface area (Å²) in [4.78, 5) is 27.5. The molecule has 1 aliphatic rings. The number of amides is 2. The van der Waals surface area contributed by atoms with Crippen LogP contribution in [0.15, 0.2) is 53.4 Å². The normalized spacial score (nSPS) is 16.4. The number of nitrogens with one attached hydrogen (secondary N) is 2. The second-order valence-corrected chi connectivity index (χ2v) is 10.3. The van der Waals surface area contributed by atoms with Crippen molar-refractivity contribution < 1.29 is 22.4 Å². The van der Waals surface area contributed by atoms with Crippen molar-refractivity contribution in [3.8, 4) is 0 Å². The van der Waals surface area contributed by atoms with Gasteiger partial charge in [-0.15, -0.1) is 0 Å². The summed E-state index contributed by atoms with van der Waals surface area (Å²) in [5, 5.41) is 5.27. The van der Waals surface area contributed by atoms with Gasteiger partial charge in [0.1, 0.15) is 11.9 Å². The van der Waals surface area contributed by atoms with Gasteiger partial charge >= 0.3 is 0 Å². The molecule has 0 aliphatic carbocycles. The highest BCUT2D eigenvalue weighted by atomic mass is 32.2. The zero-order valence-electron chi connectivity index (χ0n) is 18.9. The summed E-state index contributed by atoms with van der Waals surface area (Å²) in [6.07, 6.45) is 0. The maximum absolute atomic E-state index is 13.9. The number of hydrogen-bond acceptors (Lipinski definition) is 5. The van der Waals surface area contributed by atoms with Crippen LogP contribution in [0.5, 0.6) is 0 Å². The quantitative estimate of drug-likeness (QED) is 0.638. The van der Waals surface area contributed by atoms with Gasteiger partial charge in [0.05, 0.1) is 10.5 Å². The molecule has 10 heteroatoms. The lowest BCUT2D eigenvalue weighted by Gasteiger charge is -2.31. The fourth-order valence-electron chi connectivity index (χ4n) is 3.51. The molecule has 2 amide bonds. The number of halogens is 1. The topological polar surface area (TPSA) is 98.8 Å². The van der Waals surface area contributed by atoms with Crippen molar-refractivity contribution in [3.05, 3.63) is 59.9 Å². The smallest absolute Gasteiger partial charge is 0.254 e. The van der Waals surface area contributed by atoms with Crippen LogP contribution >= 0.6 is 0 Å². The lowest BCUT2D eigenvalue weighted by Crippen LogP contribution is -2.47. The Morgan fingerprint density at radius 1 is 0.970 bits per heavy atom. The SMILES string of the molecule is CC(C)[C@H](NC(=O)c1ccccc1F)C(=O)Nc1ccc(S(=O)(=O)N2CCN(C)CC2)cc1. The molecule has 33 heavy (non-hydrogen) atoms. The van der Waals surface area contributed by atoms with Crippen LogP contribution in [-0.2, 0) is 14.8 Å². The highest BCUT2D eigenvalue weighted by molar-refractivity contribution is 7.89. The van der Waals surface area contributed by atoms with Gasteiger partial charge < -0.3 is 15.5 Å². The lowest BCUT2D eigenvalue weighted by atomic mass is 10.0. The predicted molar refractivity (Wildman–Crippen MR) is 124 cm³/mol. The minimum absolute atomic E-state index is 0.144. The molecule has 2 aromatic carbocycles. The van der Waals surface area contributed by atoms with E-state index in [0.717, 1.165) is 0 Å². The average molecular weight is 477 g/mol. The van der Waals surface area contributed by atoms with E-state index < -0.39 is 33.7 Å². The maximum Gasteiger partial charge on any atom is 0.254 e. The molecule has 1 saturated heterocycles. The van der Waals surface area contributed by atoms with E-state index in [2.05, 4.69) is 15.5 Å². The lowest BCUT2D eigenvalue weighted by molar-refractivity contribution is -0.118. The third-order valence-electron chi connectivity index (χ3n) is 5.58. The molecule has 0 aromatic heterocycles. The molecular weight excluding hydrogens is 447 g/mol. The Morgan fingerprint density at radius 2 is 1.58 bits per heavy atom. The third kappa shape index (κ3) is 5.95. The molecule has 2 N–H and O–H groups in total. The van der Waals surface area contributed by atoms with Crippen LogP contribution in [0.3, 0.4) is 0 Å². The van der Waals surface area contributed by atoms with E-state index in [4.69, 9.17) is 0 Å². The van der Waals surface area contributed by atoms with Gasteiger partial charge in [0.2, 0.25) is 15.9 Å². The summed E-state index contributed by atoms with van der Waals surface area (Å²) in [5.41, 5.74) is 0.248. The second-order valence-electron chi connectivity index (χ2n) is 8.40. The molecule has 0 bridgehead atoms. The van der Waals surface area contributed by atoms with Crippen LogP contribution in [0.2, 0.25) is 0 Å². The van der Waals surface area contributed by atoms with Crippen LogP contribution in [0.1, 0.15) is 24.2 Å². The zero-order chi connectivity index (χ0) is 24.2. The summed E-state index contributed by atoms with van der Waals surface area (Å²) in [7, 11) is -1.66. The molecule has 3 rings (SSSR count). The summed E-state index contributed by atoms with van der Waals surface area (Å²) in [6, 6.07) is 10.6. The number of likely N-dealkylation sites (N-methyl/N-ethyl adjacent to an activating group) is 1. The Morgan fingerprint density at radius 3 is 2.15 bits per heavy atom. The molecule has 0 radical (unpaired) electrons. The van der Waals surface area contributed by atoms with Gasteiger partial charge in [-0.2, -0.15) is 4.31 Å². The van der Waals surface area contributed by atoms with Crippen molar-refractivity contribution >= 4 is 27.5 Å². The number of nitrogens with zero attached hydrogens (tertiary/aromatic N) is 2. The van der Waals surface area contributed by atoms with E-state index in [0.29, 0.717) is 31.9 Å². The van der Waals surface area contributed by atoms with E-state index in [1.165, 1.54) is 46.8 Å². The molecule has 2 aromatic rings. The summed E-state index contributed by atoms with van der Waals surface area (Å²) in [5.74, 6) is -2.10. The Balaban J connectivity index is 1.68. The van der Waals surface area contributed by atoms with Gasteiger partial charge in [0, 0.05) is 31.9 Å². The number of hydrogen-bond donors (Lipinski definition) is 2. The van der Waals surface area contributed by atoms with Crippen LogP contribution in [0.4, 0.5) is 10.1 Å². The van der Waals surface area contributed by atoms with Gasteiger partial charge in [-0.3, -0.25) is 9.59 Å². The highest BCUT2D eigenvalue weighted by Gasteiger charge is 2.28. The summed E-state index contributed by atoms with van der Waals surface area (Å²) < 4.78 is 41.1. The molecule has 1 aliphatic heterocycles. The van der Waals surface area contributed by atoms with Gasteiger partial charge in [0.15, 0.2) is 0 Å². The fourth-order valence-corrected chi connectivity index (χ4v) is 4.93. The van der Waals surface area contributed by atoms with Crippen molar-refractivity contribution in [1.82, 2.24) is 14.5 Å². The molecule has 0 spiro atoms. The van der Waals surface area contributed by atoms with E-state index in [9.17, 15) is 22.4 Å². The van der Waals surface area contributed by atoms with Gasteiger partial charge in [-0.05, 0) is 49.4 Å². The van der Waals surface area contributed by atoms with E-state index >= 15 is 0 Å². The Kier molecular flexibility index (Phi) is 7.83. The minimum atomic E-state index is -3.61. The van der Waals surface area contributed by atoms with Crippen molar-refractivity contribution in [2.75, 3.05) is 38.5 Å². The van der Waals surface area contributed by atoms with Crippen LogP contribution < -0.4 is 10.6 Å². The predicted octanol–water partition coefficient (Wildman–Crippen LogP) is 2.15. The molecule has 1 atom stereocenters. The Labute approximate surface area is 193 Å². The van der Waals surface area contributed by atoms with Crippen molar-refractivity contribution in [2.24, 2.45) is 5.92 Å². The Bertz CT molecular complexity index is 1100. The number of benzene rings is 2. The molecular formula is C23H29FN4O4S. The standard InChI is InChI=1S/C23H29FN4O4S/c1-16(2)21(26-22(29)19-6-4-5-7-20(19)24)23(30)25-17-8-10-18(11-9-17)33(31,32)28-14-12-27(3)13-15-28/h4-11,16,21H,12-15H2,1-3H3,(H,25,30)(H,26,29)/t21-/m0/s1. The molecule has 1 heterocycles. The molecule has 0 saturated carbocycles.